The summed E-state index contributed by atoms with van der Waals surface area (Å²) in [6.45, 7) is 5.22. The number of anilines is 1. The van der Waals surface area contributed by atoms with E-state index in [9.17, 15) is 26.4 Å². The van der Waals surface area contributed by atoms with Crippen LogP contribution < -0.4 is 9.92 Å². The van der Waals surface area contributed by atoms with Crippen molar-refractivity contribution in [3.05, 3.63) is 58.3 Å². The summed E-state index contributed by atoms with van der Waals surface area (Å²) in [6.07, 6.45) is 0.168. The van der Waals surface area contributed by atoms with Crippen molar-refractivity contribution in [3.8, 4) is 5.75 Å². The van der Waals surface area contributed by atoms with Crippen LogP contribution in [0.25, 0.3) is 10.9 Å². The second kappa shape index (κ2) is 6.49. The van der Waals surface area contributed by atoms with Crippen molar-refractivity contribution in [1.82, 2.24) is 4.98 Å². The van der Waals surface area contributed by atoms with Gasteiger partial charge in [-0.3, -0.25) is 4.79 Å². The molecule has 0 spiro atoms. The molecule has 31 heavy (non-hydrogen) atoms. The third-order valence-electron chi connectivity index (χ3n) is 5.66. The molecule has 10 heteroatoms. The molecule has 3 aromatic rings. The summed E-state index contributed by atoms with van der Waals surface area (Å²) < 4.78 is 66.3. The third kappa shape index (κ3) is 3.08. The number of H-pyrrole nitrogens is 1. The Bertz CT molecular complexity index is 1360. The van der Waals surface area contributed by atoms with E-state index in [1.54, 1.807) is 39.0 Å². The first-order valence-corrected chi connectivity index (χ1v) is 10.8. The van der Waals surface area contributed by atoms with Crippen molar-refractivity contribution >= 4 is 32.5 Å². The van der Waals surface area contributed by atoms with Crippen LogP contribution in [0.2, 0.25) is 0 Å². The number of fused-ring (bicyclic) bond motifs is 4. The number of carbonyl (C=O) groups is 1. The maximum absolute atomic E-state index is 13.4. The van der Waals surface area contributed by atoms with Crippen LogP contribution in [0.1, 0.15) is 53.5 Å². The number of rotatable bonds is 3. The van der Waals surface area contributed by atoms with Gasteiger partial charge >= 0.3 is 15.6 Å². The van der Waals surface area contributed by atoms with Crippen molar-refractivity contribution in [2.45, 2.75) is 38.1 Å². The largest absolute Gasteiger partial charge is 0.534 e. The lowest BCUT2D eigenvalue weighted by Gasteiger charge is -2.33. The van der Waals surface area contributed by atoms with Gasteiger partial charge in [0.1, 0.15) is 5.75 Å². The highest BCUT2D eigenvalue weighted by Crippen LogP contribution is 2.46. The summed E-state index contributed by atoms with van der Waals surface area (Å²) in [5, 5.41) is 0.686. The molecule has 164 valence electrons. The highest BCUT2D eigenvalue weighted by molar-refractivity contribution is 7.88. The average molecular weight is 452 g/mol. The van der Waals surface area contributed by atoms with E-state index in [4.69, 9.17) is 5.73 Å². The Labute approximate surface area is 176 Å². The summed E-state index contributed by atoms with van der Waals surface area (Å²) >= 11 is 0. The molecular formula is C21H19F3N2O4S. The lowest BCUT2D eigenvalue weighted by atomic mass is 9.70. The topological polar surface area (TPSA) is 102 Å². The van der Waals surface area contributed by atoms with Gasteiger partial charge in [-0.2, -0.15) is 21.6 Å². The molecule has 0 saturated carbocycles. The molecule has 0 bridgehead atoms. The number of carbonyl (C=O) groups excluding carboxylic acids is 1. The highest BCUT2D eigenvalue weighted by Gasteiger charge is 2.49. The van der Waals surface area contributed by atoms with Crippen LogP contribution in [-0.2, 0) is 22.0 Å². The minimum absolute atomic E-state index is 0.168. The quantitative estimate of drug-likeness (QED) is 0.348. The summed E-state index contributed by atoms with van der Waals surface area (Å²) in [4.78, 5) is 16.6. The van der Waals surface area contributed by atoms with Crippen molar-refractivity contribution < 1.29 is 30.6 Å². The number of ketones is 1. The minimum Gasteiger partial charge on any atom is -0.399 e. The van der Waals surface area contributed by atoms with Crippen LogP contribution in [0.5, 0.6) is 5.75 Å². The molecule has 0 atom stereocenters. The van der Waals surface area contributed by atoms with Crippen molar-refractivity contribution in [1.29, 1.82) is 0 Å². The number of hydrogen-bond donors (Lipinski definition) is 2. The van der Waals surface area contributed by atoms with Crippen LogP contribution >= 0.6 is 0 Å². The Morgan fingerprint density at radius 1 is 1.16 bits per heavy atom. The van der Waals surface area contributed by atoms with E-state index in [0.717, 1.165) is 0 Å². The molecule has 0 fully saturated rings. The van der Waals surface area contributed by atoms with Gasteiger partial charge in [0, 0.05) is 33.3 Å². The Hall–Kier alpha value is -3.01. The zero-order chi connectivity index (χ0) is 22.9. The number of nitrogens with two attached hydrogens (primary N) is 1. The molecule has 0 amide bonds. The minimum atomic E-state index is -5.85. The molecular weight excluding hydrogens is 433 g/mol. The lowest BCUT2D eigenvalue weighted by Crippen LogP contribution is -2.32. The predicted octanol–water partition coefficient (Wildman–Crippen LogP) is 4.41. The highest BCUT2D eigenvalue weighted by atomic mass is 32.2. The molecule has 3 N–H and O–H groups in total. The SMILES string of the molecule is CCc1cc2c(cc1OS(=O)(=O)C(F)(F)F)C(C)(C)c1[nH]c3cc(N)ccc3c1C2=O. The van der Waals surface area contributed by atoms with Gasteiger partial charge in [-0.1, -0.05) is 26.8 Å². The number of alkyl halides is 3. The van der Waals surface area contributed by atoms with Gasteiger partial charge in [0.05, 0.1) is 5.56 Å². The number of hydrogen-bond acceptors (Lipinski definition) is 5. The Kier molecular flexibility index (Phi) is 4.45. The average Bonchev–Trinajstić information content (AvgIpc) is 3.04. The summed E-state index contributed by atoms with van der Waals surface area (Å²) in [6, 6.07) is 7.76. The van der Waals surface area contributed by atoms with Crippen molar-refractivity contribution in [2.24, 2.45) is 0 Å². The Morgan fingerprint density at radius 3 is 2.45 bits per heavy atom. The fraction of sp³-hybridized carbons (Fsp3) is 0.286. The van der Waals surface area contributed by atoms with E-state index in [1.165, 1.54) is 12.1 Å². The van der Waals surface area contributed by atoms with Crippen LogP contribution in [0.3, 0.4) is 0 Å². The van der Waals surface area contributed by atoms with Crippen LogP contribution in [0, 0.1) is 0 Å². The first-order chi connectivity index (χ1) is 14.3. The fourth-order valence-corrected chi connectivity index (χ4v) is 4.52. The van der Waals surface area contributed by atoms with E-state index in [2.05, 4.69) is 9.17 Å². The van der Waals surface area contributed by atoms with Gasteiger partial charge in [0.15, 0.2) is 5.78 Å². The predicted molar refractivity (Wildman–Crippen MR) is 110 cm³/mol. The fourth-order valence-electron chi connectivity index (χ4n) is 4.04. The summed E-state index contributed by atoms with van der Waals surface area (Å²) in [5.41, 5.74) is 2.48. The molecule has 0 unspecified atom stereocenters. The standard InChI is InChI=1S/C21H19F3N2O4S/c1-4-10-7-13-14(9-16(10)30-31(28,29)21(22,23)24)20(2,3)19-17(18(13)27)12-6-5-11(25)8-15(12)26-19/h5-9,26H,4,25H2,1-3H3. The third-order valence-corrected chi connectivity index (χ3v) is 6.62. The number of aromatic nitrogens is 1. The second-order valence-corrected chi connectivity index (χ2v) is 9.51. The van der Waals surface area contributed by atoms with Crippen LogP contribution in [-0.4, -0.2) is 24.7 Å². The first kappa shape index (κ1) is 21.2. The number of aromatic amines is 1. The van der Waals surface area contributed by atoms with Gasteiger partial charge in [0.25, 0.3) is 0 Å². The van der Waals surface area contributed by atoms with Gasteiger partial charge in [0.2, 0.25) is 0 Å². The van der Waals surface area contributed by atoms with E-state index < -0.39 is 26.8 Å². The monoisotopic (exact) mass is 452 g/mol. The van der Waals surface area contributed by atoms with Crippen molar-refractivity contribution in [3.63, 3.8) is 0 Å². The zero-order valence-corrected chi connectivity index (χ0v) is 17.7. The molecule has 0 radical (unpaired) electrons. The lowest BCUT2D eigenvalue weighted by molar-refractivity contribution is -0.0500. The summed E-state index contributed by atoms with van der Waals surface area (Å²) in [5.74, 6) is -0.747. The molecule has 1 aromatic heterocycles. The Morgan fingerprint density at radius 2 is 1.84 bits per heavy atom. The number of nitrogen functional groups attached to an aromatic ring is 1. The van der Waals surface area contributed by atoms with E-state index in [1.807, 2.05) is 0 Å². The van der Waals surface area contributed by atoms with Gasteiger partial charge < -0.3 is 14.9 Å². The smallest absolute Gasteiger partial charge is 0.399 e. The van der Waals surface area contributed by atoms with Gasteiger partial charge in [-0.05, 0) is 41.8 Å². The Balaban J connectivity index is 1.95. The van der Waals surface area contributed by atoms with Gasteiger partial charge in [-0.25, -0.2) is 0 Å². The molecule has 1 heterocycles. The maximum Gasteiger partial charge on any atom is 0.534 e. The molecule has 4 rings (SSSR count). The molecule has 6 nitrogen and oxygen atoms in total. The first-order valence-electron chi connectivity index (χ1n) is 9.42. The van der Waals surface area contributed by atoms with E-state index >= 15 is 0 Å². The number of nitrogens with one attached hydrogen (secondary N) is 1. The van der Waals surface area contributed by atoms with E-state index in [-0.39, 0.29) is 17.8 Å². The molecule has 2 aromatic carbocycles. The molecule has 0 saturated heterocycles. The number of aryl methyl sites for hydroxylation is 1. The molecule has 1 aliphatic carbocycles. The maximum atomic E-state index is 13.4. The van der Waals surface area contributed by atoms with Crippen molar-refractivity contribution in [2.75, 3.05) is 5.73 Å². The summed E-state index contributed by atoms with van der Waals surface area (Å²) in [7, 11) is -5.85. The second-order valence-electron chi connectivity index (χ2n) is 7.98. The van der Waals surface area contributed by atoms with E-state index in [0.29, 0.717) is 39.0 Å². The van der Waals surface area contributed by atoms with Crippen LogP contribution in [0.15, 0.2) is 30.3 Å². The normalized spacial score (nSPS) is 15.6. The molecule has 1 aliphatic rings. The van der Waals surface area contributed by atoms with Crippen LogP contribution in [0.4, 0.5) is 18.9 Å². The van der Waals surface area contributed by atoms with Gasteiger partial charge in [-0.15, -0.1) is 0 Å². The number of halogens is 3. The zero-order valence-electron chi connectivity index (χ0n) is 16.8. The number of benzene rings is 2. The molecule has 0 aliphatic heterocycles.